The van der Waals surface area contributed by atoms with E-state index in [0.717, 1.165) is 6.42 Å². The summed E-state index contributed by atoms with van der Waals surface area (Å²) in [5, 5.41) is 0. The van der Waals surface area contributed by atoms with Gasteiger partial charge in [-0.1, -0.05) is 12.8 Å². The van der Waals surface area contributed by atoms with Gasteiger partial charge in [-0.2, -0.15) is 4.98 Å². The monoisotopic (exact) mass is 347 g/mol. The Labute approximate surface area is 147 Å². The van der Waals surface area contributed by atoms with Gasteiger partial charge in [-0.25, -0.2) is 0 Å². The average Bonchev–Trinajstić information content (AvgIpc) is 3.44. The minimum absolute atomic E-state index is 0.142. The first-order chi connectivity index (χ1) is 12.0. The molecule has 7 nitrogen and oxygen atoms in total. The lowest BCUT2D eigenvalue weighted by molar-refractivity contribution is -0.131. The molecule has 0 bridgehead atoms. The van der Waals surface area contributed by atoms with Crippen molar-refractivity contribution in [3.05, 3.63) is 17.7 Å². The number of nitrogens with zero attached hydrogens (tertiary/aromatic N) is 2. The van der Waals surface area contributed by atoms with Crippen LogP contribution in [0.15, 0.2) is 12.1 Å². The number of pyridine rings is 1. The highest BCUT2D eigenvalue weighted by atomic mass is 16.5. The summed E-state index contributed by atoms with van der Waals surface area (Å²) in [6.07, 6.45) is 4.48. The maximum absolute atomic E-state index is 12.8. The van der Waals surface area contributed by atoms with Crippen LogP contribution < -0.4 is 15.2 Å². The van der Waals surface area contributed by atoms with Crippen LogP contribution in [0.4, 0.5) is 0 Å². The summed E-state index contributed by atoms with van der Waals surface area (Å²) in [5.74, 6) is 0.894. The van der Waals surface area contributed by atoms with Crippen molar-refractivity contribution in [3.8, 4) is 11.8 Å². The van der Waals surface area contributed by atoms with E-state index in [1.165, 1.54) is 27.1 Å². The lowest BCUT2D eigenvalue weighted by Crippen LogP contribution is -2.49. The normalized spacial score (nSPS) is 19.4. The number of primary amides is 1. The molecule has 25 heavy (non-hydrogen) atoms. The third-order valence-corrected chi connectivity index (χ3v) is 5.37. The maximum Gasteiger partial charge on any atom is 0.259 e. The fourth-order valence-corrected chi connectivity index (χ4v) is 3.59. The van der Waals surface area contributed by atoms with Gasteiger partial charge >= 0.3 is 0 Å². The first kappa shape index (κ1) is 17.5. The molecule has 0 radical (unpaired) electrons. The van der Waals surface area contributed by atoms with E-state index in [1.807, 2.05) is 0 Å². The van der Waals surface area contributed by atoms with Crippen molar-refractivity contribution in [2.24, 2.45) is 17.1 Å². The van der Waals surface area contributed by atoms with E-state index in [0.29, 0.717) is 43.3 Å². The Hall–Kier alpha value is -2.31. The number of nitrogens with two attached hydrogens (primary N) is 1. The summed E-state index contributed by atoms with van der Waals surface area (Å²) in [6.45, 7) is 1.04. The Balaban J connectivity index is 1.71. The molecule has 0 aromatic carbocycles. The fourth-order valence-electron chi connectivity index (χ4n) is 3.59. The number of hydrogen-bond donors (Lipinski definition) is 1. The van der Waals surface area contributed by atoms with Gasteiger partial charge in [0.15, 0.2) is 0 Å². The molecule has 1 aromatic rings. The Kier molecular flexibility index (Phi) is 4.83. The zero-order chi connectivity index (χ0) is 18.0. The highest BCUT2D eigenvalue weighted by Gasteiger charge is 2.44. The van der Waals surface area contributed by atoms with E-state index in [-0.39, 0.29) is 17.7 Å². The quantitative estimate of drug-likeness (QED) is 0.843. The summed E-state index contributed by atoms with van der Waals surface area (Å²) in [6, 6.07) is 3.30. The molecule has 136 valence electrons. The molecule has 2 heterocycles. The number of amides is 2. The van der Waals surface area contributed by atoms with Gasteiger partial charge in [0.05, 0.1) is 19.6 Å². The zero-order valence-electron chi connectivity index (χ0n) is 14.8. The van der Waals surface area contributed by atoms with Gasteiger partial charge in [-0.3, -0.25) is 9.59 Å². The molecule has 2 amide bonds. The van der Waals surface area contributed by atoms with Crippen LogP contribution in [-0.4, -0.2) is 49.0 Å². The minimum atomic E-state index is -0.458. The molecule has 2 N–H and O–H groups in total. The van der Waals surface area contributed by atoms with Crippen LogP contribution in [-0.2, 0) is 4.79 Å². The summed E-state index contributed by atoms with van der Waals surface area (Å²) in [5.41, 5.74) is 5.64. The molecule has 0 spiro atoms. The topological polar surface area (TPSA) is 94.8 Å². The second kappa shape index (κ2) is 6.90. The Morgan fingerprint density at radius 1 is 1.24 bits per heavy atom. The number of rotatable bonds is 6. The molecule has 1 aromatic heterocycles. The van der Waals surface area contributed by atoms with Crippen molar-refractivity contribution in [2.75, 3.05) is 27.3 Å². The molecule has 1 saturated carbocycles. The fraction of sp³-hybridized carbons (Fsp3) is 0.611. The van der Waals surface area contributed by atoms with Gasteiger partial charge in [-0.05, 0) is 31.2 Å². The van der Waals surface area contributed by atoms with Crippen molar-refractivity contribution >= 4 is 11.8 Å². The van der Waals surface area contributed by atoms with E-state index >= 15 is 0 Å². The molecule has 3 rings (SSSR count). The van der Waals surface area contributed by atoms with Gasteiger partial charge in [0, 0.05) is 19.2 Å². The van der Waals surface area contributed by atoms with Crippen molar-refractivity contribution in [3.63, 3.8) is 0 Å². The van der Waals surface area contributed by atoms with Crippen LogP contribution in [0.5, 0.6) is 11.8 Å². The summed E-state index contributed by atoms with van der Waals surface area (Å²) in [4.78, 5) is 30.8. The number of piperidine rings is 1. The summed E-state index contributed by atoms with van der Waals surface area (Å²) >= 11 is 0. The van der Waals surface area contributed by atoms with Crippen molar-refractivity contribution in [2.45, 2.75) is 32.1 Å². The number of methoxy groups -OCH3 is 2. The van der Waals surface area contributed by atoms with E-state index in [2.05, 4.69) is 4.98 Å². The van der Waals surface area contributed by atoms with Crippen LogP contribution >= 0.6 is 0 Å². The van der Waals surface area contributed by atoms with E-state index < -0.39 is 5.41 Å². The second-order valence-corrected chi connectivity index (χ2v) is 6.99. The molecule has 2 fully saturated rings. The maximum atomic E-state index is 12.8. The lowest BCUT2D eigenvalue weighted by Gasteiger charge is -2.40. The van der Waals surface area contributed by atoms with Crippen molar-refractivity contribution in [1.29, 1.82) is 0 Å². The van der Waals surface area contributed by atoms with Crippen LogP contribution in [0.25, 0.3) is 0 Å². The lowest BCUT2D eigenvalue weighted by atomic mass is 9.73. The summed E-state index contributed by atoms with van der Waals surface area (Å²) in [7, 11) is 2.99. The van der Waals surface area contributed by atoms with E-state index in [9.17, 15) is 9.59 Å². The first-order valence-electron chi connectivity index (χ1n) is 8.67. The minimum Gasteiger partial charge on any atom is -0.481 e. The van der Waals surface area contributed by atoms with Gasteiger partial charge in [0.1, 0.15) is 5.56 Å². The van der Waals surface area contributed by atoms with E-state index in [4.69, 9.17) is 15.2 Å². The van der Waals surface area contributed by atoms with Crippen molar-refractivity contribution < 1.29 is 19.1 Å². The third-order valence-electron chi connectivity index (χ3n) is 5.37. The molecule has 0 atom stereocenters. The average molecular weight is 347 g/mol. The van der Waals surface area contributed by atoms with Crippen LogP contribution in [0.1, 0.15) is 42.5 Å². The molecular formula is C18H25N3O4. The van der Waals surface area contributed by atoms with Crippen molar-refractivity contribution in [1.82, 2.24) is 9.88 Å². The molecule has 1 aliphatic carbocycles. The molecular weight excluding hydrogens is 322 g/mol. The second-order valence-electron chi connectivity index (χ2n) is 6.99. The summed E-state index contributed by atoms with van der Waals surface area (Å²) < 4.78 is 10.3. The largest absolute Gasteiger partial charge is 0.481 e. The van der Waals surface area contributed by atoms with Gasteiger partial charge < -0.3 is 20.1 Å². The predicted octanol–water partition coefficient (Wildman–Crippen LogP) is 1.61. The first-order valence-corrected chi connectivity index (χ1v) is 8.67. The number of aromatic nitrogens is 1. The molecule has 1 saturated heterocycles. The standard InChI is InChI=1S/C18H25N3O4/c1-24-14-6-5-13(15(20-14)25-2)16(22)21-9-7-18(8-10-21,17(19)23)11-12-3-4-12/h5-6,12H,3-4,7-11H2,1-2H3,(H2,19,23). The zero-order valence-corrected chi connectivity index (χ0v) is 14.8. The van der Waals surface area contributed by atoms with Gasteiger partial charge in [0.2, 0.25) is 17.7 Å². The highest BCUT2D eigenvalue weighted by Crippen LogP contribution is 2.45. The van der Waals surface area contributed by atoms with Crippen LogP contribution in [0.2, 0.25) is 0 Å². The molecule has 0 unspecified atom stereocenters. The molecule has 1 aliphatic heterocycles. The highest BCUT2D eigenvalue weighted by molar-refractivity contribution is 5.96. The predicted molar refractivity (Wildman–Crippen MR) is 91.4 cm³/mol. The Morgan fingerprint density at radius 3 is 2.44 bits per heavy atom. The SMILES string of the molecule is COc1ccc(C(=O)N2CCC(CC3CC3)(C(N)=O)CC2)c(OC)n1. The van der Waals surface area contributed by atoms with Gasteiger partial charge in [0.25, 0.3) is 5.91 Å². The number of hydrogen-bond acceptors (Lipinski definition) is 5. The Morgan fingerprint density at radius 2 is 1.92 bits per heavy atom. The number of likely N-dealkylation sites (tertiary alicyclic amines) is 1. The number of ether oxygens (including phenoxy) is 2. The smallest absolute Gasteiger partial charge is 0.259 e. The van der Waals surface area contributed by atoms with Crippen LogP contribution in [0, 0.1) is 11.3 Å². The van der Waals surface area contributed by atoms with Crippen LogP contribution in [0.3, 0.4) is 0 Å². The number of carbonyl (C=O) groups is 2. The Bertz CT molecular complexity index is 664. The van der Waals surface area contributed by atoms with Gasteiger partial charge in [-0.15, -0.1) is 0 Å². The van der Waals surface area contributed by atoms with E-state index in [1.54, 1.807) is 17.0 Å². The number of carbonyl (C=O) groups excluding carboxylic acids is 2. The molecule has 2 aliphatic rings. The molecule has 7 heteroatoms. The third kappa shape index (κ3) is 3.55.